The van der Waals surface area contributed by atoms with Gasteiger partial charge >= 0.3 is 0 Å². The molecule has 0 spiro atoms. The van der Waals surface area contributed by atoms with Crippen LogP contribution < -0.4 is 5.32 Å². The molecule has 4 aromatic rings. The average Bonchev–Trinajstić information content (AvgIpc) is 3.52. The van der Waals surface area contributed by atoms with Gasteiger partial charge in [0.05, 0.1) is 16.2 Å². The Balaban J connectivity index is 1.41. The van der Waals surface area contributed by atoms with Crippen molar-refractivity contribution in [3.05, 3.63) is 40.1 Å². The van der Waals surface area contributed by atoms with Crippen molar-refractivity contribution < 1.29 is 4.57 Å². The Morgan fingerprint density at radius 2 is 2.03 bits per heavy atom. The quantitative estimate of drug-likeness (QED) is 0.272. The number of anilines is 1. The third-order valence-corrected chi connectivity index (χ3v) is 9.51. The molecule has 34 heavy (non-hydrogen) atoms. The van der Waals surface area contributed by atoms with E-state index in [1.54, 1.807) is 17.5 Å². The van der Waals surface area contributed by atoms with Crippen LogP contribution in [0.1, 0.15) is 45.0 Å². The first kappa shape index (κ1) is 23.5. The van der Waals surface area contributed by atoms with E-state index in [-0.39, 0.29) is 25.1 Å². The molecule has 1 N–H and O–H groups in total. The second kappa shape index (κ2) is 8.73. The number of rotatable bonds is 6. The smallest absolute Gasteiger partial charge is 0.224 e. The lowest BCUT2D eigenvalue weighted by molar-refractivity contribution is 0.250. The number of nitrogens with one attached hydrogen (secondary N) is 1. The van der Waals surface area contributed by atoms with Gasteiger partial charge in [-0.2, -0.15) is 10.1 Å². The van der Waals surface area contributed by atoms with E-state index in [1.807, 2.05) is 35.9 Å². The van der Waals surface area contributed by atoms with Gasteiger partial charge in [-0.25, -0.2) is 9.67 Å². The van der Waals surface area contributed by atoms with Crippen LogP contribution in [-0.4, -0.2) is 41.1 Å². The van der Waals surface area contributed by atoms with Gasteiger partial charge < -0.3 is 5.32 Å². The molecule has 0 bridgehead atoms. The molecule has 176 valence electrons. The summed E-state index contributed by atoms with van der Waals surface area (Å²) in [6.45, 7) is 8.31. The fourth-order valence-corrected chi connectivity index (χ4v) is 6.05. The molecule has 1 fully saturated rings. The Morgan fingerprint density at radius 3 is 2.71 bits per heavy atom. The van der Waals surface area contributed by atoms with Gasteiger partial charge in [-0.15, -0.1) is 10.2 Å². The summed E-state index contributed by atoms with van der Waals surface area (Å²) in [4.78, 5) is 9.36. The van der Waals surface area contributed by atoms with Crippen LogP contribution in [-0.2, 0) is 4.57 Å². The van der Waals surface area contributed by atoms with Gasteiger partial charge in [-0.1, -0.05) is 18.3 Å². The fraction of sp³-hybridized carbons (Fsp3) is 0.435. The number of nitrogens with zero attached hydrogens (tertiary/aromatic N) is 6. The standard InChI is InChI=1S/C23H25BrN7OPS/c1-13-28-29-20(34-13)14-5-7-16(8-6-14)31-19-17(18(24)30-31)12-25-21(27-19)26-15-9-10-23(4,11-15)22(2,3)33-32/h5-8,12,15H,9-11H2,1-4H3,(H,25,26,27)/t15-,23?/m1/s1. The molecule has 0 saturated heterocycles. The summed E-state index contributed by atoms with van der Waals surface area (Å²) in [5, 5.41) is 18.9. The molecule has 5 rings (SSSR count). The van der Waals surface area contributed by atoms with Gasteiger partial charge in [0.15, 0.2) is 14.1 Å². The van der Waals surface area contributed by atoms with Gasteiger partial charge in [-0.05, 0) is 85.6 Å². The first-order valence-corrected chi connectivity index (χ1v) is 13.5. The predicted octanol–water partition coefficient (Wildman–Crippen LogP) is 6.45. The minimum Gasteiger partial charge on any atom is -0.351 e. The van der Waals surface area contributed by atoms with Crippen molar-refractivity contribution >= 4 is 52.7 Å². The monoisotopic (exact) mass is 557 g/mol. The second-order valence-electron chi connectivity index (χ2n) is 9.60. The van der Waals surface area contributed by atoms with Crippen LogP contribution in [0.5, 0.6) is 0 Å². The topological polar surface area (TPSA) is 98.5 Å². The Bertz CT molecular complexity index is 1370. The molecule has 1 saturated carbocycles. The van der Waals surface area contributed by atoms with E-state index in [0.717, 1.165) is 51.6 Å². The molecule has 8 nitrogen and oxygen atoms in total. The molecule has 0 amide bonds. The summed E-state index contributed by atoms with van der Waals surface area (Å²) >= 11 is 5.12. The van der Waals surface area contributed by atoms with E-state index >= 15 is 0 Å². The van der Waals surface area contributed by atoms with E-state index in [1.165, 1.54) is 0 Å². The highest BCUT2D eigenvalue weighted by Crippen LogP contribution is 2.52. The van der Waals surface area contributed by atoms with Crippen molar-refractivity contribution in [2.45, 2.75) is 58.2 Å². The lowest BCUT2D eigenvalue weighted by Gasteiger charge is -2.36. The van der Waals surface area contributed by atoms with Crippen LogP contribution in [0, 0.1) is 12.3 Å². The molecule has 3 aromatic heterocycles. The van der Waals surface area contributed by atoms with Crippen LogP contribution >= 0.6 is 35.7 Å². The van der Waals surface area contributed by atoms with Gasteiger partial charge in [-0.3, -0.25) is 4.57 Å². The zero-order valence-corrected chi connectivity index (χ0v) is 22.7. The number of hydrogen-bond acceptors (Lipinski definition) is 8. The van der Waals surface area contributed by atoms with E-state index in [9.17, 15) is 4.57 Å². The van der Waals surface area contributed by atoms with Gasteiger partial charge in [0, 0.05) is 17.8 Å². The van der Waals surface area contributed by atoms with Gasteiger partial charge in [0.2, 0.25) is 5.95 Å². The normalized spacial score (nSPS) is 20.9. The van der Waals surface area contributed by atoms with E-state index in [0.29, 0.717) is 10.6 Å². The van der Waals surface area contributed by atoms with Crippen LogP contribution in [0.15, 0.2) is 35.1 Å². The molecule has 1 aliphatic rings. The number of fused-ring (bicyclic) bond motifs is 1. The van der Waals surface area contributed by atoms with Gasteiger partial charge in [0.25, 0.3) is 0 Å². The Hall–Kier alpha value is -2.29. The van der Waals surface area contributed by atoms with Crippen molar-refractivity contribution in [2.24, 2.45) is 5.41 Å². The van der Waals surface area contributed by atoms with Crippen molar-refractivity contribution in [3.8, 4) is 16.3 Å². The second-order valence-corrected chi connectivity index (χ2v) is 12.8. The highest BCUT2D eigenvalue weighted by atomic mass is 79.9. The van der Waals surface area contributed by atoms with Crippen LogP contribution in [0.2, 0.25) is 0 Å². The first-order valence-electron chi connectivity index (χ1n) is 11.1. The Morgan fingerprint density at radius 1 is 1.26 bits per heavy atom. The summed E-state index contributed by atoms with van der Waals surface area (Å²) in [6.07, 6.45) is 4.72. The molecule has 0 aliphatic heterocycles. The van der Waals surface area contributed by atoms with Crippen molar-refractivity contribution in [1.29, 1.82) is 0 Å². The van der Waals surface area contributed by atoms with Crippen LogP contribution in [0.4, 0.5) is 5.95 Å². The Kier molecular flexibility index (Phi) is 6.02. The maximum absolute atomic E-state index is 11.7. The summed E-state index contributed by atoms with van der Waals surface area (Å²) in [5.41, 5.74) is 2.64. The van der Waals surface area contributed by atoms with Crippen molar-refractivity contribution in [1.82, 2.24) is 29.9 Å². The molecule has 1 aliphatic carbocycles. The molecule has 1 aromatic carbocycles. The van der Waals surface area contributed by atoms with E-state index < -0.39 is 0 Å². The molecule has 11 heteroatoms. The number of benzene rings is 1. The molecular formula is C23H25BrN7OPS. The molecule has 0 radical (unpaired) electrons. The van der Waals surface area contributed by atoms with E-state index in [2.05, 4.69) is 62.3 Å². The largest absolute Gasteiger partial charge is 0.351 e. The van der Waals surface area contributed by atoms with Crippen LogP contribution in [0.25, 0.3) is 27.3 Å². The summed E-state index contributed by atoms with van der Waals surface area (Å²) in [6, 6.07) is 8.29. The fourth-order valence-electron chi connectivity index (χ4n) is 4.49. The molecule has 3 heterocycles. The number of hydrogen-bond donors (Lipinski definition) is 1. The lowest BCUT2D eigenvalue weighted by atomic mass is 9.76. The van der Waals surface area contributed by atoms with Crippen molar-refractivity contribution in [2.75, 3.05) is 5.32 Å². The average molecular weight is 558 g/mol. The summed E-state index contributed by atoms with van der Waals surface area (Å²) in [7, 11) is 0.191. The van der Waals surface area contributed by atoms with Crippen LogP contribution in [0.3, 0.4) is 0 Å². The molecule has 2 atom stereocenters. The Labute approximate surface area is 212 Å². The highest BCUT2D eigenvalue weighted by Gasteiger charge is 2.47. The third-order valence-electron chi connectivity index (χ3n) is 7.04. The SMILES string of the molecule is Cc1nnc(-c2ccc(-n3nc(Br)c4cnc(N[C@@H]5CCC(C)(C(C)(C)P=O)C5)nc43)cc2)s1. The molecular weight excluding hydrogens is 533 g/mol. The summed E-state index contributed by atoms with van der Waals surface area (Å²) < 4.78 is 14.3. The lowest BCUT2D eigenvalue weighted by Crippen LogP contribution is -2.35. The summed E-state index contributed by atoms with van der Waals surface area (Å²) in [5.74, 6) is 0.578. The number of halogens is 1. The maximum atomic E-state index is 11.7. The first-order chi connectivity index (χ1) is 16.2. The predicted molar refractivity (Wildman–Crippen MR) is 139 cm³/mol. The minimum atomic E-state index is -0.267. The number of aromatic nitrogens is 6. The molecule has 1 unspecified atom stereocenters. The van der Waals surface area contributed by atoms with E-state index in [4.69, 9.17) is 4.98 Å². The highest BCUT2D eigenvalue weighted by molar-refractivity contribution is 9.10. The maximum Gasteiger partial charge on any atom is 0.224 e. The number of aryl methyl sites for hydroxylation is 1. The van der Waals surface area contributed by atoms with Crippen molar-refractivity contribution in [3.63, 3.8) is 0 Å². The third kappa shape index (κ3) is 4.16. The van der Waals surface area contributed by atoms with Gasteiger partial charge in [0.1, 0.15) is 14.6 Å². The zero-order chi connectivity index (χ0) is 24.1. The minimum absolute atomic E-state index is 0.00387. The zero-order valence-electron chi connectivity index (χ0n) is 19.4.